The quantitative estimate of drug-likeness (QED) is 0.597. The summed E-state index contributed by atoms with van der Waals surface area (Å²) in [6.45, 7) is 2.19. The molecular formula is C15H14BrF3OS. The van der Waals surface area contributed by atoms with Crippen molar-refractivity contribution in [2.24, 2.45) is 0 Å². The number of aryl methyl sites for hydroxylation is 1. The summed E-state index contributed by atoms with van der Waals surface area (Å²) in [7, 11) is 0. The number of rotatable bonds is 5. The van der Waals surface area contributed by atoms with Crippen molar-refractivity contribution in [1.29, 1.82) is 0 Å². The third-order valence-electron chi connectivity index (χ3n) is 2.94. The average Bonchev–Trinajstić information content (AvgIpc) is 2.92. The first-order valence-electron chi connectivity index (χ1n) is 6.40. The van der Waals surface area contributed by atoms with Crippen LogP contribution < -0.4 is 4.74 Å². The Morgan fingerprint density at radius 1 is 1.14 bits per heavy atom. The first kappa shape index (κ1) is 16.4. The maximum absolute atomic E-state index is 13.1. The summed E-state index contributed by atoms with van der Waals surface area (Å²) in [6.07, 6.45) is -3.50. The molecule has 21 heavy (non-hydrogen) atoms. The molecule has 0 radical (unpaired) electrons. The molecule has 0 spiro atoms. The van der Waals surface area contributed by atoms with Crippen LogP contribution in [0.3, 0.4) is 0 Å². The number of alkyl halides is 4. The Labute approximate surface area is 133 Å². The van der Waals surface area contributed by atoms with E-state index in [-0.39, 0.29) is 12.4 Å². The molecule has 0 N–H and O–H groups in total. The molecule has 0 saturated carbocycles. The highest BCUT2D eigenvalue weighted by molar-refractivity contribution is 9.08. The highest BCUT2D eigenvalue weighted by Crippen LogP contribution is 2.37. The summed E-state index contributed by atoms with van der Waals surface area (Å²) in [4.78, 5) is 2.11. The molecule has 0 aliphatic carbocycles. The van der Waals surface area contributed by atoms with Crippen LogP contribution in [0.5, 0.6) is 5.75 Å². The van der Waals surface area contributed by atoms with Crippen LogP contribution in [0.4, 0.5) is 13.2 Å². The van der Waals surface area contributed by atoms with E-state index in [1.807, 2.05) is 19.1 Å². The van der Waals surface area contributed by atoms with E-state index in [1.165, 1.54) is 10.9 Å². The molecule has 1 heterocycles. The zero-order chi connectivity index (χ0) is 15.5. The number of ether oxygens (including phenoxy) is 1. The van der Waals surface area contributed by atoms with Crippen LogP contribution in [0.1, 0.15) is 27.8 Å². The van der Waals surface area contributed by atoms with E-state index in [0.717, 1.165) is 17.4 Å². The van der Waals surface area contributed by atoms with Gasteiger partial charge in [0, 0.05) is 15.1 Å². The van der Waals surface area contributed by atoms with E-state index in [4.69, 9.17) is 4.74 Å². The maximum atomic E-state index is 13.1. The minimum absolute atomic E-state index is 0.126. The molecule has 0 unspecified atom stereocenters. The fourth-order valence-corrected chi connectivity index (χ4v) is 3.07. The molecule has 0 fully saturated rings. The number of benzene rings is 1. The van der Waals surface area contributed by atoms with E-state index in [1.54, 1.807) is 17.4 Å². The van der Waals surface area contributed by atoms with Crippen molar-refractivity contribution >= 4 is 27.3 Å². The van der Waals surface area contributed by atoms with E-state index in [9.17, 15) is 13.2 Å². The van der Waals surface area contributed by atoms with Gasteiger partial charge in [0.1, 0.15) is 12.4 Å². The van der Waals surface area contributed by atoms with Crippen LogP contribution in [0.25, 0.3) is 0 Å². The Morgan fingerprint density at radius 2 is 1.86 bits per heavy atom. The largest absolute Gasteiger partial charge is 0.487 e. The lowest BCUT2D eigenvalue weighted by Gasteiger charge is -2.14. The summed E-state index contributed by atoms with van der Waals surface area (Å²) in [6, 6.07) is 8.00. The summed E-state index contributed by atoms with van der Waals surface area (Å²) in [5.74, 6) is -0.126. The Hall–Kier alpha value is -1.01. The van der Waals surface area contributed by atoms with Crippen LogP contribution >= 0.6 is 27.3 Å². The van der Waals surface area contributed by atoms with Crippen LogP contribution in [-0.4, -0.2) is 0 Å². The van der Waals surface area contributed by atoms with Gasteiger partial charge in [0.05, 0.1) is 5.56 Å². The molecule has 1 nitrogen and oxygen atoms in total. The van der Waals surface area contributed by atoms with Gasteiger partial charge in [-0.25, -0.2) is 0 Å². The van der Waals surface area contributed by atoms with Crippen molar-refractivity contribution in [3.8, 4) is 5.75 Å². The molecule has 2 rings (SSSR count). The molecule has 1 aromatic heterocycles. The van der Waals surface area contributed by atoms with Crippen LogP contribution in [0, 0.1) is 0 Å². The molecule has 1 aromatic carbocycles. The zero-order valence-corrected chi connectivity index (χ0v) is 13.7. The summed E-state index contributed by atoms with van der Waals surface area (Å²) in [5.41, 5.74) is -0.161. The second kappa shape index (κ2) is 6.83. The molecule has 2 aromatic rings. The smallest absolute Gasteiger partial charge is 0.419 e. The fourth-order valence-electron chi connectivity index (χ4n) is 1.85. The van der Waals surface area contributed by atoms with E-state index >= 15 is 0 Å². The van der Waals surface area contributed by atoms with E-state index in [2.05, 4.69) is 15.9 Å². The van der Waals surface area contributed by atoms with Gasteiger partial charge in [-0.05, 0) is 36.2 Å². The molecule has 0 saturated heterocycles. The number of hydrogen-bond donors (Lipinski definition) is 0. The summed E-state index contributed by atoms with van der Waals surface area (Å²) < 4.78 is 44.6. The summed E-state index contributed by atoms with van der Waals surface area (Å²) >= 11 is 4.72. The van der Waals surface area contributed by atoms with Crippen LogP contribution in [0.2, 0.25) is 0 Å². The molecule has 0 aliphatic rings. The number of hydrogen-bond acceptors (Lipinski definition) is 2. The van der Waals surface area contributed by atoms with Gasteiger partial charge in [0.25, 0.3) is 0 Å². The SMILES string of the molecule is CCc1ccc(COc2ccc(CBr)cc2C(F)(F)F)s1. The number of halogens is 4. The highest BCUT2D eigenvalue weighted by Gasteiger charge is 2.34. The first-order chi connectivity index (χ1) is 9.94. The van der Waals surface area contributed by atoms with Gasteiger partial charge in [-0.2, -0.15) is 13.2 Å². The molecule has 0 bridgehead atoms. The van der Waals surface area contributed by atoms with E-state index in [0.29, 0.717) is 10.9 Å². The third kappa shape index (κ3) is 4.23. The second-order valence-electron chi connectivity index (χ2n) is 4.47. The Balaban J connectivity index is 2.19. The number of thiophene rings is 1. The van der Waals surface area contributed by atoms with Crippen molar-refractivity contribution in [3.63, 3.8) is 0 Å². The monoisotopic (exact) mass is 378 g/mol. The normalized spacial score (nSPS) is 11.7. The van der Waals surface area contributed by atoms with E-state index < -0.39 is 11.7 Å². The predicted molar refractivity (Wildman–Crippen MR) is 82.1 cm³/mol. The van der Waals surface area contributed by atoms with Crippen LogP contribution in [-0.2, 0) is 24.5 Å². The lowest BCUT2D eigenvalue weighted by molar-refractivity contribution is -0.139. The standard InChI is InChI=1S/C15H14BrF3OS/c1-2-11-4-5-12(21-11)9-20-14-6-3-10(8-16)7-13(14)15(17,18)19/h3-7H,2,8-9H2,1H3. The van der Waals surface area contributed by atoms with Gasteiger partial charge in [-0.1, -0.05) is 28.9 Å². The minimum Gasteiger partial charge on any atom is -0.487 e. The highest BCUT2D eigenvalue weighted by atomic mass is 79.9. The van der Waals surface area contributed by atoms with Gasteiger partial charge in [-0.15, -0.1) is 11.3 Å². The lowest BCUT2D eigenvalue weighted by Crippen LogP contribution is -2.09. The van der Waals surface area contributed by atoms with Gasteiger partial charge in [0.2, 0.25) is 0 Å². The Kier molecular flexibility index (Phi) is 5.32. The van der Waals surface area contributed by atoms with Gasteiger partial charge in [-0.3, -0.25) is 0 Å². The van der Waals surface area contributed by atoms with Crippen molar-refractivity contribution < 1.29 is 17.9 Å². The zero-order valence-electron chi connectivity index (χ0n) is 11.3. The third-order valence-corrected chi connectivity index (χ3v) is 4.79. The van der Waals surface area contributed by atoms with Crippen molar-refractivity contribution in [3.05, 3.63) is 51.2 Å². The Morgan fingerprint density at radius 3 is 2.43 bits per heavy atom. The molecule has 114 valence electrons. The average molecular weight is 379 g/mol. The van der Waals surface area contributed by atoms with Crippen LogP contribution in [0.15, 0.2) is 30.3 Å². The van der Waals surface area contributed by atoms with Gasteiger partial charge in [0.15, 0.2) is 0 Å². The predicted octanol–water partition coefficient (Wildman–Crippen LogP) is 5.80. The Bertz CT molecular complexity index is 607. The van der Waals surface area contributed by atoms with Crippen molar-refractivity contribution in [1.82, 2.24) is 0 Å². The van der Waals surface area contributed by atoms with Gasteiger partial charge >= 0.3 is 6.18 Å². The minimum atomic E-state index is -4.42. The maximum Gasteiger partial charge on any atom is 0.419 e. The second-order valence-corrected chi connectivity index (χ2v) is 6.29. The molecule has 6 heteroatoms. The first-order valence-corrected chi connectivity index (χ1v) is 8.34. The topological polar surface area (TPSA) is 9.23 Å². The molecular weight excluding hydrogens is 365 g/mol. The molecule has 0 amide bonds. The fraction of sp³-hybridized carbons (Fsp3) is 0.333. The summed E-state index contributed by atoms with van der Waals surface area (Å²) in [5, 5.41) is 0.376. The molecule has 0 atom stereocenters. The van der Waals surface area contributed by atoms with Crippen molar-refractivity contribution in [2.45, 2.75) is 31.5 Å². The van der Waals surface area contributed by atoms with Crippen molar-refractivity contribution in [2.75, 3.05) is 0 Å². The van der Waals surface area contributed by atoms with Gasteiger partial charge < -0.3 is 4.74 Å². The lowest BCUT2D eigenvalue weighted by atomic mass is 10.1. The molecule has 0 aliphatic heterocycles.